The van der Waals surface area contributed by atoms with E-state index in [9.17, 15) is 22.8 Å². The molecule has 1 amide bonds. The van der Waals surface area contributed by atoms with Gasteiger partial charge in [-0.05, 0) is 0 Å². The summed E-state index contributed by atoms with van der Waals surface area (Å²) >= 11 is 9.59. The van der Waals surface area contributed by atoms with Crippen LogP contribution in [0.4, 0.5) is 18.0 Å². The number of carbonyl (C=O) groups excluding carboxylic acids is 2. The molecular formula is C18H27Cl2CsF3N2O8-3. The summed E-state index contributed by atoms with van der Waals surface area (Å²) < 4.78 is 40.6. The van der Waals surface area contributed by atoms with E-state index in [1.165, 1.54) is 0 Å². The number of halogens is 5. The van der Waals surface area contributed by atoms with Crippen molar-refractivity contribution < 1.29 is 121 Å². The van der Waals surface area contributed by atoms with Gasteiger partial charge in [0, 0.05) is 11.7 Å². The van der Waals surface area contributed by atoms with Crippen molar-refractivity contribution >= 4 is 47.1 Å². The van der Waals surface area contributed by atoms with E-state index >= 15 is 0 Å². The molecule has 34 heavy (non-hydrogen) atoms. The van der Waals surface area contributed by atoms with Gasteiger partial charge in [-0.15, -0.1) is 0 Å². The molecule has 0 aliphatic carbocycles. The van der Waals surface area contributed by atoms with Gasteiger partial charge in [0.2, 0.25) is 0 Å². The van der Waals surface area contributed by atoms with Crippen LogP contribution in [0.2, 0.25) is 0 Å². The molecule has 16 heteroatoms. The SMILES string of the molecule is CC.COC(=O)O.[CH-]=C/C(=N\O)NC(=O)[CH-][CH2-].[CH2-]CCC(O)COC(=O)C(Cl)(Cl)C(F)(F)F.[Cs+]. The van der Waals surface area contributed by atoms with Crippen LogP contribution in [0.25, 0.3) is 0 Å². The average molecular weight is 660 g/mol. The van der Waals surface area contributed by atoms with Gasteiger partial charge in [-0.1, -0.05) is 43.5 Å². The molecule has 0 aliphatic rings. The van der Waals surface area contributed by atoms with Gasteiger partial charge in [-0.3, -0.25) is 6.58 Å². The van der Waals surface area contributed by atoms with Gasteiger partial charge in [0.25, 0.3) is 0 Å². The first-order chi connectivity index (χ1) is 15.1. The number of carboxylic acid groups (broad SMARTS) is 1. The Morgan fingerprint density at radius 3 is 2.00 bits per heavy atom. The largest absolute Gasteiger partial charge is 1.00 e. The molecule has 1 unspecified atom stereocenters. The predicted molar refractivity (Wildman–Crippen MR) is 114 cm³/mol. The Balaban J connectivity index is -0.000000133. The van der Waals surface area contributed by atoms with Crippen molar-refractivity contribution in [3.8, 4) is 0 Å². The van der Waals surface area contributed by atoms with E-state index in [0.717, 1.165) is 19.6 Å². The third-order valence-corrected chi connectivity index (χ3v) is 3.17. The van der Waals surface area contributed by atoms with Crippen LogP contribution in [0.15, 0.2) is 11.2 Å². The zero-order valence-electron chi connectivity index (χ0n) is 19.1. The van der Waals surface area contributed by atoms with Gasteiger partial charge in [0.1, 0.15) is 6.61 Å². The number of esters is 1. The van der Waals surface area contributed by atoms with Gasteiger partial charge in [-0.2, -0.15) is 30.8 Å². The Bertz CT molecular complexity index is 610. The van der Waals surface area contributed by atoms with E-state index in [1.54, 1.807) is 0 Å². The summed E-state index contributed by atoms with van der Waals surface area (Å²) in [4.78, 5) is 30.5. The molecule has 0 aromatic rings. The van der Waals surface area contributed by atoms with E-state index in [0.29, 0.717) is 6.42 Å². The fourth-order valence-electron chi connectivity index (χ4n) is 0.974. The van der Waals surface area contributed by atoms with Crippen LogP contribution in [0.1, 0.15) is 26.7 Å². The van der Waals surface area contributed by atoms with Crippen LogP contribution < -0.4 is 74.2 Å². The number of hydrogen-bond acceptors (Lipinski definition) is 8. The summed E-state index contributed by atoms with van der Waals surface area (Å²) in [5, 5.41) is 29.5. The Labute approximate surface area is 265 Å². The zero-order chi connectivity index (χ0) is 27.3. The van der Waals surface area contributed by atoms with E-state index in [-0.39, 0.29) is 81.2 Å². The molecule has 196 valence electrons. The smallest absolute Gasteiger partial charge is 0.491 e. The molecule has 0 bridgehead atoms. The van der Waals surface area contributed by atoms with Crippen LogP contribution >= 0.6 is 23.2 Å². The van der Waals surface area contributed by atoms with Crippen LogP contribution in [-0.2, 0) is 19.1 Å². The Morgan fingerprint density at radius 2 is 1.74 bits per heavy atom. The third kappa shape index (κ3) is 24.8. The van der Waals surface area contributed by atoms with Crippen molar-refractivity contribution in [3.63, 3.8) is 0 Å². The van der Waals surface area contributed by atoms with Gasteiger partial charge in [-0.25, -0.2) is 9.59 Å². The molecule has 4 N–H and O–H groups in total. The summed E-state index contributed by atoms with van der Waals surface area (Å²) in [5.74, 6) is -2.44. The number of amides is 1. The minimum Gasteiger partial charge on any atom is -0.491 e. The fourth-order valence-corrected chi connectivity index (χ4v) is 1.08. The molecule has 0 spiro atoms. The van der Waals surface area contributed by atoms with Gasteiger partial charge < -0.3 is 55.3 Å². The maximum absolute atomic E-state index is 12.1. The van der Waals surface area contributed by atoms with Crippen molar-refractivity contribution in [2.24, 2.45) is 5.16 Å². The molecule has 0 heterocycles. The van der Waals surface area contributed by atoms with Crippen molar-refractivity contribution in [2.75, 3.05) is 13.7 Å². The van der Waals surface area contributed by atoms with E-state index in [1.807, 2.05) is 13.8 Å². The van der Waals surface area contributed by atoms with E-state index < -0.39 is 41.3 Å². The van der Waals surface area contributed by atoms with Crippen molar-refractivity contribution in [2.45, 2.75) is 43.3 Å². The van der Waals surface area contributed by atoms with Crippen LogP contribution in [0.3, 0.4) is 0 Å². The van der Waals surface area contributed by atoms with Crippen molar-refractivity contribution in [1.82, 2.24) is 5.32 Å². The third-order valence-electron chi connectivity index (χ3n) is 2.43. The predicted octanol–water partition coefficient (Wildman–Crippen LogP) is 0.500. The molecule has 0 aromatic heterocycles. The Morgan fingerprint density at radius 1 is 1.29 bits per heavy atom. The maximum atomic E-state index is 12.1. The number of aliphatic hydroxyl groups excluding tert-OH is 1. The minimum atomic E-state index is -5.13. The molecule has 0 radical (unpaired) electrons. The minimum absolute atomic E-state index is 0. The summed E-state index contributed by atoms with van der Waals surface area (Å²) in [6.07, 6.45) is -4.92. The molecule has 0 aromatic carbocycles. The number of oxime groups is 1. The first kappa shape index (κ1) is 43.7. The summed E-state index contributed by atoms with van der Waals surface area (Å²) in [5.41, 5.74) is 0. The molecule has 0 rings (SSSR count). The fraction of sp³-hybridized carbons (Fsp3) is 0.500. The van der Waals surface area contributed by atoms with E-state index in [2.05, 4.69) is 33.8 Å². The number of carbonyl (C=O) groups is 3. The Kier molecular flexibility index (Phi) is 33.1. The molecule has 0 aliphatic heterocycles. The maximum Gasteiger partial charge on any atom is 1.00 e. The number of rotatable bonds is 7. The van der Waals surface area contributed by atoms with E-state index in [4.69, 9.17) is 50.0 Å². The number of ether oxygens (including phenoxy) is 2. The topological polar surface area (TPSA) is 155 Å². The number of methoxy groups -OCH3 is 1. The van der Waals surface area contributed by atoms with Crippen LogP contribution in [-0.4, -0.2) is 69.6 Å². The first-order valence-electron chi connectivity index (χ1n) is 8.70. The number of hydrogen-bond donors (Lipinski definition) is 4. The summed E-state index contributed by atoms with van der Waals surface area (Å²) in [7, 11) is 1.10. The quantitative estimate of drug-likeness (QED) is 0.0586. The summed E-state index contributed by atoms with van der Waals surface area (Å²) in [6, 6.07) is 0. The van der Waals surface area contributed by atoms with Gasteiger partial charge in [0.05, 0.1) is 13.2 Å². The first-order valence-corrected chi connectivity index (χ1v) is 9.46. The molecule has 0 saturated carbocycles. The number of aliphatic hydroxyl groups is 1. The van der Waals surface area contributed by atoms with Crippen LogP contribution in [0.5, 0.6) is 0 Å². The van der Waals surface area contributed by atoms with Crippen LogP contribution in [0, 0.1) is 26.8 Å². The number of nitrogens with zero attached hydrogens (tertiary/aromatic N) is 1. The summed E-state index contributed by atoms with van der Waals surface area (Å²) in [6.45, 7) is 14.9. The molecular weight excluding hydrogens is 633 g/mol. The number of alkyl halides is 5. The van der Waals surface area contributed by atoms with Crippen molar-refractivity contribution in [3.05, 3.63) is 32.9 Å². The standard InChI is InChI=1S/C8H10Cl2F3O3.C6H7N2O2.C2H4O3.C2H6.Cs/c1-2-3-5(14)4-16-6(15)7(9,10)8(11,12)13;1-3-5(8-10)7-6(9)4-2;1-5-2(3)4;1-2;/h5,14H,1-4H2;1,3-4,10H,2H2,(H,7,8,9);1H3,(H,3,4);1-2H3;/q-1;-3;;;+1. The van der Waals surface area contributed by atoms with Gasteiger partial charge >= 0.3 is 91.5 Å². The average Bonchev–Trinajstić information content (AvgIpc) is 2.77. The number of amidine groups is 1. The molecule has 0 fully saturated rings. The second-order valence-electron chi connectivity index (χ2n) is 4.78. The zero-order valence-corrected chi connectivity index (χ0v) is 26.9. The molecule has 1 atom stereocenters. The molecule has 10 nitrogen and oxygen atoms in total. The van der Waals surface area contributed by atoms with Gasteiger partial charge in [0.15, 0.2) is 0 Å². The van der Waals surface area contributed by atoms with Crippen molar-refractivity contribution in [1.29, 1.82) is 0 Å². The second-order valence-corrected chi connectivity index (χ2v) is 6.11. The number of nitrogens with one attached hydrogen (secondary N) is 1. The monoisotopic (exact) mass is 659 g/mol. The second kappa shape index (κ2) is 25.8. The normalized spacial score (nSPS) is 11.1. The molecule has 0 saturated heterocycles. The Hall–Kier alpha value is -0.328.